The third-order valence-electron chi connectivity index (χ3n) is 4.84. The Morgan fingerprint density at radius 1 is 1.25 bits per heavy atom. The van der Waals surface area contributed by atoms with E-state index in [2.05, 4.69) is 19.2 Å². The van der Waals surface area contributed by atoms with Crippen molar-refractivity contribution in [2.24, 2.45) is 11.8 Å². The van der Waals surface area contributed by atoms with Crippen molar-refractivity contribution in [2.75, 3.05) is 13.7 Å². The largest absolute Gasteiger partial charge is 0.377 e. The Bertz CT molecular complexity index is 219. The maximum absolute atomic E-state index is 5.66. The molecule has 0 radical (unpaired) electrons. The Hall–Kier alpha value is -0.0800. The molecule has 3 atom stereocenters. The predicted octanol–water partition coefficient (Wildman–Crippen LogP) is 2.97. The normalized spacial score (nSPS) is 38.1. The lowest BCUT2D eigenvalue weighted by Gasteiger charge is -2.43. The monoisotopic (exact) mass is 225 g/mol. The molecule has 2 saturated carbocycles. The lowest BCUT2D eigenvalue weighted by Crippen LogP contribution is -2.52. The van der Waals surface area contributed by atoms with Gasteiger partial charge in [0.15, 0.2) is 0 Å². The van der Waals surface area contributed by atoms with Crippen LogP contribution in [0.4, 0.5) is 0 Å². The van der Waals surface area contributed by atoms with Gasteiger partial charge < -0.3 is 10.1 Å². The fourth-order valence-corrected chi connectivity index (χ4v) is 3.16. The van der Waals surface area contributed by atoms with Crippen LogP contribution in [0, 0.1) is 11.8 Å². The van der Waals surface area contributed by atoms with E-state index >= 15 is 0 Å². The van der Waals surface area contributed by atoms with Crippen molar-refractivity contribution < 1.29 is 4.74 Å². The van der Waals surface area contributed by atoms with Crippen LogP contribution in [0.25, 0.3) is 0 Å². The van der Waals surface area contributed by atoms with Gasteiger partial charge in [-0.15, -0.1) is 0 Å². The number of hydrogen-bond donors (Lipinski definition) is 1. The molecular formula is C14H27NO. The van der Waals surface area contributed by atoms with E-state index in [4.69, 9.17) is 4.74 Å². The van der Waals surface area contributed by atoms with Crippen LogP contribution in [0.1, 0.15) is 52.4 Å². The van der Waals surface area contributed by atoms with Crippen LogP contribution in [0.15, 0.2) is 0 Å². The van der Waals surface area contributed by atoms with Crippen LogP contribution in [0.3, 0.4) is 0 Å². The Kier molecular flexibility index (Phi) is 3.91. The minimum atomic E-state index is 0.181. The molecule has 2 heteroatoms. The van der Waals surface area contributed by atoms with Crippen molar-refractivity contribution in [2.45, 2.75) is 64.0 Å². The summed E-state index contributed by atoms with van der Waals surface area (Å²) in [5, 5.41) is 3.77. The molecule has 2 rings (SSSR count). The Morgan fingerprint density at radius 2 is 2.00 bits per heavy atom. The Balaban J connectivity index is 1.79. The van der Waals surface area contributed by atoms with Gasteiger partial charge in [0.1, 0.15) is 0 Å². The van der Waals surface area contributed by atoms with E-state index in [0.717, 1.165) is 24.4 Å². The molecule has 0 aromatic rings. The van der Waals surface area contributed by atoms with Crippen molar-refractivity contribution in [1.29, 1.82) is 0 Å². The third-order valence-corrected chi connectivity index (χ3v) is 4.84. The number of hydrogen-bond acceptors (Lipinski definition) is 2. The lowest BCUT2D eigenvalue weighted by atomic mass is 9.77. The smallest absolute Gasteiger partial charge is 0.0802 e. The Morgan fingerprint density at radius 3 is 2.56 bits per heavy atom. The zero-order valence-electron chi connectivity index (χ0n) is 11.1. The fraction of sp³-hybridized carbons (Fsp3) is 1.00. The average molecular weight is 225 g/mol. The maximum atomic E-state index is 5.66. The second-order valence-corrected chi connectivity index (χ2v) is 6.12. The summed E-state index contributed by atoms with van der Waals surface area (Å²) in [6, 6.07) is 0.719. The van der Waals surface area contributed by atoms with Gasteiger partial charge in [-0.05, 0) is 43.9 Å². The predicted molar refractivity (Wildman–Crippen MR) is 67.6 cm³/mol. The zero-order valence-corrected chi connectivity index (χ0v) is 11.1. The van der Waals surface area contributed by atoms with Gasteiger partial charge in [-0.2, -0.15) is 0 Å². The summed E-state index contributed by atoms with van der Waals surface area (Å²) in [5.41, 5.74) is 0.181. The topological polar surface area (TPSA) is 21.3 Å². The number of methoxy groups -OCH3 is 1. The van der Waals surface area contributed by atoms with Crippen LogP contribution in [-0.2, 0) is 4.74 Å². The number of nitrogens with one attached hydrogen (secondary N) is 1. The maximum Gasteiger partial charge on any atom is 0.0802 e. The van der Waals surface area contributed by atoms with Crippen LogP contribution in [-0.4, -0.2) is 25.3 Å². The molecule has 0 amide bonds. The Labute approximate surface area is 100 Å². The highest BCUT2D eigenvalue weighted by atomic mass is 16.5. The van der Waals surface area contributed by atoms with Crippen molar-refractivity contribution in [3.63, 3.8) is 0 Å². The van der Waals surface area contributed by atoms with Gasteiger partial charge in [0.05, 0.1) is 5.60 Å². The molecule has 0 aliphatic heterocycles. The van der Waals surface area contributed by atoms with E-state index in [1.165, 1.54) is 38.5 Å². The molecule has 2 aliphatic carbocycles. The van der Waals surface area contributed by atoms with E-state index in [1.807, 2.05) is 7.11 Å². The van der Waals surface area contributed by atoms with Gasteiger partial charge in [0.2, 0.25) is 0 Å². The van der Waals surface area contributed by atoms with Crippen LogP contribution < -0.4 is 5.32 Å². The molecule has 2 aliphatic rings. The molecule has 94 valence electrons. The van der Waals surface area contributed by atoms with Gasteiger partial charge in [0.25, 0.3) is 0 Å². The highest BCUT2D eigenvalue weighted by molar-refractivity contribution is 4.93. The molecule has 0 aromatic heterocycles. The van der Waals surface area contributed by atoms with Crippen molar-refractivity contribution in [3.8, 4) is 0 Å². The molecule has 1 N–H and O–H groups in total. The summed E-state index contributed by atoms with van der Waals surface area (Å²) in [7, 11) is 1.87. The van der Waals surface area contributed by atoms with Crippen molar-refractivity contribution in [3.05, 3.63) is 0 Å². The SMILES string of the molecule is COC1(CNC2CC(C)CCC2C)CCC1. The summed E-state index contributed by atoms with van der Waals surface area (Å²) in [5.74, 6) is 1.73. The van der Waals surface area contributed by atoms with E-state index in [-0.39, 0.29) is 5.60 Å². The van der Waals surface area contributed by atoms with E-state index in [0.29, 0.717) is 0 Å². The molecule has 0 aromatic carbocycles. The third kappa shape index (κ3) is 2.60. The van der Waals surface area contributed by atoms with Gasteiger partial charge in [0, 0.05) is 19.7 Å². The fourth-order valence-electron chi connectivity index (χ4n) is 3.16. The molecule has 0 spiro atoms. The van der Waals surface area contributed by atoms with Gasteiger partial charge >= 0.3 is 0 Å². The van der Waals surface area contributed by atoms with Gasteiger partial charge in [-0.25, -0.2) is 0 Å². The lowest BCUT2D eigenvalue weighted by molar-refractivity contribution is -0.0726. The number of rotatable bonds is 4. The first-order valence-electron chi connectivity index (χ1n) is 6.94. The molecule has 3 unspecified atom stereocenters. The molecule has 16 heavy (non-hydrogen) atoms. The minimum Gasteiger partial charge on any atom is -0.377 e. The van der Waals surface area contributed by atoms with Crippen LogP contribution in [0.2, 0.25) is 0 Å². The van der Waals surface area contributed by atoms with Crippen LogP contribution >= 0.6 is 0 Å². The first-order valence-corrected chi connectivity index (χ1v) is 6.94. The summed E-state index contributed by atoms with van der Waals surface area (Å²) in [6.45, 7) is 5.84. The molecule has 0 saturated heterocycles. The van der Waals surface area contributed by atoms with E-state index < -0.39 is 0 Å². The molecule has 0 bridgehead atoms. The second kappa shape index (κ2) is 5.05. The quantitative estimate of drug-likeness (QED) is 0.794. The first kappa shape index (κ1) is 12.4. The molecule has 2 nitrogen and oxygen atoms in total. The highest BCUT2D eigenvalue weighted by Crippen LogP contribution is 2.35. The zero-order chi connectivity index (χ0) is 11.6. The summed E-state index contributed by atoms with van der Waals surface area (Å²) >= 11 is 0. The summed E-state index contributed by atoms with van der Waals surface area (Å²) < 4.78 is 5.66. The van der Waals surface area contributed by atoms with Gasteiger partial charge in [-0.1, -0.05) is 20.3 Å². The molecule has 0 heterocycles. The highest BCUT2D eigenvalue weighted by Gasteiger charge is 2.38. The first-order chi connectivity index (χ1) is 7.65. The van der Waals surface area contributed by atoms with Gasteiger partial charge in [-0.3, -0.25) is 0 Å². The van der Waals surface area contributed by atoms with Crippen LogP contribution in [0.5, 0.6) is 0 Å². The van der Waals surface area contributed by atoms with E-state index in [1.54, 1.807) is 0 Å². The second-order valence-electron chi connectivity index (χ2n) is 6.12. The standard InChI is InChI=1S/C14H27NO/c1-11-5-6-12(2)13(9-11)15-10-14(16-3)7-4-8-14/h11-13,15H,4-10H2,1-3H3. The van der Waals surface area contributed by atoms with E-state index in [9.17, 15) is 0 Å². The summed E-state index contributed by atoms with van der Waals surface area (Å²) in [4.78, 5) is 0. The van der Waals surface area contributed by atoms with Crippen molar-refractivity contribution in [1.82, 2.24) is 5.32 Å². The minimum absolute atomic E-state index is 0.181. The molecule has 2 fully saturated rings. The van der Waals surface area contributed by atoms with Crippen molar-refractivity contribution >= 4 is 0 Å². The number of ether oxygens (including phenoxy) is 1. The summed E-state index contributed by atoms with van der Waals surface area (Å²) in [6.07, 6.45) is 7.97. The molecular weight excluding hydrogens is 198 g/mol. The average Bonchev–Trinajstić information content (AvgIpc) is 2.22.